The van der Waals surface area contributed by atoms with E-state index in [4.69, 9.17) is 33.7 Å². The molecule has 0 saturated carbocycles. The van der Waals surface area contributed by atoms with Gasteiger partial charge in [-0.2, -0.15) is 0 Å². The van der Waals surface area contributed by atoms with Crippen molar-refractivity contribution in [3.63, 3.8) is 0 Å². The van der Waals surface area contributed by atoms with E-state index in [0.717, 1.165) is 16.9 Å². The minimum Gasteiger partial charge on any atom is -0.488 e. The van der Waals surface area contributed by atoms with Gasteiger partial charge in [-0.05, 0) is 30.7 Å². The standard InChI is InChI=1S/C14H13Cl2NO/c1-9-5-6-10(17)7-14(9)18-8-11-12(15)3-2-4-13(11)16/h2-7H,8,17H2,1H3. The van der Waals surface area contributed by atoms with Crippen LogP contribution in [0.1, 0.15) is 11.1 Å². The van der Waals surface area contributed by atoms with Crippen LogP contribution in [0.15, 0.2) is 36.4 Å². The predicted octanol–water partition coefficient (Wildman–Crippen LogP) is 4.46. The quantitative estimate of drug-likeness (QED) is 0.843. The average molecular weight is 282 g/mol. The number of halogens is 2. The molecular weight excluding hydrogens is 269 g/mol. The van der Waals surface area contributed by atoms with E-state index in [9.17, 15) is 0 Å². The maximum Gasteiger partial charge on any atom is 0.124 e. The van der Waals surface area contributed by atoms with E-state index in [2.05, 4.69) is 0 Å². The molecule has 0 saturated heterocycles. The van der Waals surface area contributed by atoms with Crippen LogP contribution in [-0.2, 0) is 6.61 Å². The molecule has 0 aliphatic carbocycles. The van der Waals surface area contributed by atoms with Gasteiger partial charge in [-0.15, -0.1) is 0 Å². The smallest absolute Gasteiger partial charge is 0.124 e. The molecule has 4 heteroatoms. The first-order chi connectivity index (χ1) is 8.58. The van der Waals surface area contributed by atoms with Gasteiger partial charge >= 0.3 is 0 Å². The summed E-state index contributed by atoms with van der Waals surface area (Å²) >= 11 is 12.2. The Hall–Kier alpha value is -1.38. The Labute approximate surface area is 116 Å². The van der Waals surface area contributed by atoms with Crippen molar-refractivity contribution in [2.75, 3.05) is 5.73 Å². The van der Waals surface area contributed by atoms with E-state index in [1.165, 1.54) is 0 Å². The van der Waals surface area contributed by atoms with Crippen molar-refractivity contribution in [2.45, 2.75) is 13.5 Å². The normalized spacial score (nSPS) is 10.4. The van der Waals surface area contributed by atoms with Crippen molar-refractivity contribution < 1.29 is 4.74 Å². The molecule has 2 N–H and O–H groups in total. The van der Waals surface area contributed by atoms with Crippen LogP contribution in [0.5, 0.6) is 5.75 Å². The second-order valence-electron chi connectivity index (χ2n) is 4.01. The molecule has 0 atom stereocenters. The number of hydrogen-bond acceptors (Lipinski definition) is 2. The van der Waals surface area contributed by atoms with Gasteiger partial charge in [0.2, 0.25) is 0 Å². The zero-order valence-electron chi connectivity index (χ0n) is 9.91. The number of benzene rings is 2. The van der Waals surface area contributed by atoms with Crippen LogP contribution in [-0.4, -0.2) is 0 Å². The molecule has 0 heterocycles. The number of nitrogen functional groups attached to an aromatic ring is 1. The Balaban J connectivity index is 2.19. The Bertz CT molecular complexity index is 549. The second-order valence-corrected chi connectivity index (χ2v) is 4.83. The number of rotatable bonds is 3. The van der Waals surface area contributed by atoms with Crippen molar-refractivity contribution >= 4 is 28.9 Å². The van der Waals surface area contributed by atoms with Crippen LogP contribution < -0.4 is 10.5 Å². The van der Waals surface area contributed by atoms with E-state index in [1.807, 2.05) is 19.1 Å². The number of hydrogen-bond donors (Lipinski definition) is 1. The summed E-state index contributed by atoms with van der Waals surface area (Å²) in [4.78, 5) is 0. The monoisotopic (exact) mass is 281 g/mol. The Kier molecular flexibility index (Phi) is 4.00. The van der Waals surface area contributed by atoms with Crippen LogP contribution in [0.2, 0.25) is 10.0 Å². The fraction of sp³-hybridized carbons (Fsp3) is 0.143. The predicted molar refractivity (Wildman–Crippen MR) is 76.4 cm³/mol. The van der Waals surface area contributed by atoms with Gasteiger partial charge in [-0.3, -0.25) is 0 Å². The molecule has 0 aliphatic rings. The Morgan fingerprint density at radius 3 is 2.44 bits per heavy atom. The summed E-state index contributed by atoms with van der Waals surface area (Å²) in [7, 11) is 0. The van der Waals surface area contributed by atoms with Gasteiger partial charge in [0.05, 0.1) is 0 Å². The molecule has 0 fully saturated rings. The summed E-state index contributed by atoms with van der Waals surface area (Å²) in [6, 6.07) is 10.9. The fourth-order valence-corrected chi connectivity index (χ4v) is 2.10. The highest BCUT2D eigenvalue weighted by Crippen LogP contribution is 2.27. The summed E-state index contributed by atoms with van der Waals surface area (Å²) in [6.45, 7) is 2.28. The molecule has 2 nitrogen and oxygen atoms in total. The molecule has 0 aliphatic heterocycles. The third-order valence-corrected chi connectivity index (χ3v) is 3.35. The molecule has 18 heavy (non-hydrogen) atoms. The largest absolute Gasteiger partial charge is 0.488 e. The van der Waals surface area contributed by atoms with Gasteiger partial charge < -0.3 is 10.5 Å². The average Bonchev–Trinajstić information content (AvgIpc) is 2.33. The zero-order chi connectivity index (χ0) is 13.1. The van der Waals surface area contributed by atoms with Gasteiger partial charge in [0.1, 0.15) is 12.4 Å². The molecule has 0 unspecified atom stereocenters. The third-order valence-electron chi connectivity index (χ3n) is 2.65. The highest BCUT2D eigenvalue weighted by Gasteiger charge is 2.07. The molecule has 0 aromatic heterocycles. The Morgan fingerprint density at radius 1 is 1.11 bits per heavy atom. The first-order valence-electron chi connectivity index (χ1n) is 5.50. The van der Waals surface area contributed by atoms with Gasteiger partial charge in [0, 0.05) is 27.4 Å². The van der Waals surface area contributed by atoms with Crippen molar-refractivity contribution in [3.05, 3.63) is 57.6 Å². The Morgan fingerprint density at radius 2 is 1.78 bits per heavy atom. The fourth-order valence-electron chi connectivity index (χ4n) is 1.59. The SMILES string of the molecule is Cc1ccc(N)cc1OCc1c(Cl)cccc1Cl. The maximum absolute atomic E-state index is 6.08. The molecule has 0 bridgehead atoms. The molecule has 2 aromatic carbocycles. The van der Waals surface area contributed by atoms with Crippen molar-refractivity contribution in [1.29, 1.82) is 0 Å². The lowest BCUT2D eigenvalue weighted by molar-refractivity contribution is 0.304. The summed E-state index contributed by atoms with van der Waals surface area (Å²) in [5, 5.41) is 1.20. The molecule has 0 radical (unpaired) electrons. The van der Waals surface area contributed by atoms with E-state index in [0.29, 0.717) is 22.3 Å². The van der Waals surface area contributed by atoms with Crippen molar-refractivity contribution in [2.24, 2.45) is 0 Å². The lowest BCUT2D eigenvalue weighted by Crippen LogP contribution is -1.99. The summed E-state index contributed by atoms with van der Waals surface area (Å²) in [6.07, 6.45) is 0. The highest BCUT2D eigenvalue weighted by molar-refractivity contribution is 6.35. The molecule has 2 aromatic rings. The summed E-state index contributed by atoms with van der Waals surface area (Å²) < 4.78 is 5.72. The number of aryl methyl sites for hydroxylation is 1. The van der Waals surface area contributed by atoms with Crippen molar-refractivity contribution in [3.8, 4) is 5.75 Å². The lowest BCUT2D eigenvalue weighted by atomic mass is 10.2. The molecule has 0 amide bonds. The van der Waals surface area contributed by atoms with Crippen LogP contribution >= 0.6 is 23.2 Å². The second kappa shape index (κ2) is 5.51. The minimum atomic E-state index is 0.322. The van der Waals surface area contributed by atoms with Crippen LogP contribution in [0.4, 0.5) is 5.69 Å². The van der Waals surface area contributed by atoms with Gasteiger partial charge in [-0.1, -0.05) is 35.3 Å². The zero-order valence-corrected chi connectivity index (χ0v) is 11.4. The number of nitrogens with two attached hydrogens (primary N) is 1. The van der Waals surface area contributed by atoms with Crippen LogP contribution in [0.3, 0.4) is 0 Å². The minimum absolute atomic E-state index is 0.322. The molecular formula is C14H13Cl2NO. The number of ether oxygens (including phenoxy) is 1. The van der Waals surface area contributed by atoms with Gasteiger partial charge in [-0.25, -0.2) is 0 Å². The number of anilines is 1. The van der Waals surface area contributed by atoms with E-state index in [1.54, 1.807) is 24.3 Å². The summed E-state index contributed by atoms with van der Waals surface area (Å²) in [5.74, 6) is 0.742. The van der Waals surface area contributed by atoms with Crippen molar-refractivity contribution in [1.82, 2.24) is 0 Å². The topological polar surface area (TPSA) is 35.2 Å². The van der Waals surface area contributed by atoms with E-state index in [-0.39, 0.29) is 0 Å². The maximum atomic E-state index is 6.08. The highest BCUT2D eigenvalue weighted by atomic mass is 35.5. The first-order valence-corrected chi connectivity index (χ1v) is 6.25. The molecule has 2 rings (SSSR count). The van der Waals surface area contributed by atoms with E-state index < -0.39 is 0 Å². The molecule has 0 spiro atoms. The first kappa shape index (κ1) is 13.1. The third kappa shape index (κ3) is 2.89. The molecule has 94 valence electrons. The van der Waals surface area contributed by atoms with Crippen LogP contribution in [0.25, 0.3) is 0 Å². The van der Waals surface area contributed by atoms with Gasteiger partial charge in [0.15, 0.2) is 0 Å². The van der Waals surface area contributed by atoms with E-state index >= 15 is 0 Å². The lowest BCUT2D eigenvalue weighted by Gasteiger charge is -2.12. The summed E-state index contributed by atoms with van der Waals surface area (Å²) in [5.41, 5.74) is 8.19. The van der Waals surface area contributed by atoms with Gasteiger partial charge in [0.25, 0.3) is 0 Å². The van der Waals surface area contributed by atoms with Crippen LogP contribution in [0, 0.1) is 6.92 Å².